The Labute approximate surface area is 216 Å². The van der Waals surface area contributed by atoms with Crippen molar-refractivity contribution in [2.75, 3.05) is 44.1 Å². The molecule has 6 atom stereocenters. The van der Waals surface area contributed by atoms with Crippen molar-refractivity contribution in [2.45, 2.75) is 36.9 Å². The Kier molecular flexibility index (Phi) is 8.01. The second-order valence-electron chi connectivity index (χ2n) is 8.77. The summed E-state index contributed by atoms with van der Waals surface area (Å²) < 4.78 is 11.1. The van der Waals surface area contributed by atoms with Crippen molar-refractivity contribution >= 4 is 51.9 Å². The molecule has 0 saturated carbocycles. The molecule has 0 radical (unpaired) electrons. The Morgan fingerprint density at radius 2 is 2.09 bits per heavy atom. The third-order valence-corrected chi connectivity index (χ3v) is 9.67. The molecule has 2 fully saturated rings. The molecule has 4 aliphatic rings. The van der Waals surface area contributed by atoms with Gasteiger partial charge in [-0.3, -0.25) is 9.59 Å². The molecule has 0 spiro atoms. The van der Waals surface area contributed by atoms with Crippen LogP contribution in [0.1, 0.15) is 6.92 Å². The Balaban J connectivity index is 1.45. The van der Waals surface area contributed by atoms with Gasteiger partial charge in [-0.25, -0.2) is 4.79 Å². The van der Waals surface area contributed by atoms with Crippen molar-refractivity contribution in [1.29, 1.82) is 0 Å². The molecule has 0 bridgehead atoms. The smallest absolute Gasteiger partial charge is 0.404 e. The largest absolute Gasteiger partial charge is 0.449 e. The zero-order valence-corrected chi connectivity index (χ0v) is 21.9. The van der Waals surface area contributed by atoms with Gasteiger partial charge in [0.25, 0.3) is 0 Å². The van der Waals surface area contributed by atoms with Crippen molar-refractivity contribution < 1.29 is 34.1 Å². The highest BCUT2D eigenvalue weighted by atomic mass is 33.1. The summed E-state index contributed by atoms with van der Waals surface area (Å²) in [6.07, 6.45) is -2.71. The lowest BCUT2D eigenvalue weighted by atomic mass is 9.82. The van der Waals surface area contributed by atoms with Gasteiger partial charge in [-0.15, -0.1) is 0 Å². The van der Waals surface area contributed by atoms with Gasteiger partial charge in [-0.2, -0.15) is 12.6 Å². The number of Topliss-reactive ketones (excluding diaryl/α,β-unsaturated/α-hetero) is 2. The molecule has 0 aromatic carbocycles. The number of nitrogens with zero attached hydrogens (tertiary/aromatic N) is 1. The maximum atomic E-state index is 13.7. The van der Waals surface area contributed by atoms with Crippen LogP contribution in [0.5, 0.6) is 0 Å². The average Bonchev–Trinajstić information content (AvgIpc) is 3.45. The number of nitrogens with one attached hydrogen (secondary N) is 2. The average molecular weight is 547 g/mol. The molecule has 194 valence electrons. The number of carbonyl (C=O) groups is 3. The maximum absolute atomic E-state index is 13.7. The lowest BCUT2D eigenvalue weighted by Crippen LogP contribution is -2.55. The highest BCUT2D eigenvalue weighted by Gasteiger charge is 2.72. The summed E-state index contributed by atoms with van der Waals surface area (Å²) in [7, 11) is 4.41. The van der Waals surface area contributed by atoms with Crippen LogP contribution in [0.4, 0.5) is 4.79 Å². The van der Waals surface area contributed by atoms with Crippen molar-refractivity contribution in [3.05, 3.63) is 22.5 Å². The van der Waals surface area contributed by atoms with Crippen molar-refractivity contribution in [2.24, 2.45) is 11.7 Å². The molecule has 1 aliphatic carbocycles. The van der Waals surface area contributed by atoms with Crippen LogP contribution in [-0.2, 0) is 19.1 Å². The molecule has 14 heteroatoms. The van der Waals surface area contributed by atoms with Crippen LogP contribution in [0.3, 0.4) is 0 Å². The van der Waals surface area contributed by atoms with Crippen LogP contribution in [0, 0.1) is 5.92 Å². The number of piperazine rings is 1. The molecule has 0 aromatic heterocycles. The van der Waals surface area contributed by atoms with E-state index in [2.05, 4.69) is 23.3 Å². The van der Waals surface area contributed by atoms with Gasteiger partial charge in [0.1, 0.15) is 6.61 Å². The number of allylic oxidation sites excluding steroid dienone is 2. The number of hydrogen-bond donors (Lipinski definition) is 6. The van der Waals surface area contributed by atoms with E-state index in [1.54, 1.807) is 6.92 Å². The molecule has 3 aliphatic heterocycles. The second kappa shape index (κ2) is 10.5. The van der Waals surface area contributed by atoms with Gasteiger partial charge in [-0.05, 0) is 6.92 Å². The van der Waals surface area contributed by atoms with Gasteiger partial charge in [0.2, 0.25) is 11.6 Å². The molecule has 3 heterocycles. The number of primary amides is 1. The molecule has 6 N–H and O–H groups in total. The molecule has 0 aromatic rings. The summed E-state index contributed by atoms with van der Waals surface area (Å²) in [5.74, 6) is -0.130. The van der Waals surface area contributed by atoms with Gasteiger partial charge >= 0.3 is 6.09 Å². The Bertz CT molecular complexity index is 977. The number of fused-ring (bicyclic) bond motifs is 4. The van der Waals surface area contributed by atoms with Gasteiger partial charge < -0.3 is 41.0 Å². The zero-order valence-electron chi connectivity index (χ0n) is 19.4. The Morgan fingerprint density at radius 1 is 1.34 bits per heavy atom. The quantitative estimate of drug-likeness (QED) is 0.0581. The molecular weight excluding hydrogens is 516 g/mol. The van der Waals surface area contributed by atoms with Crippen LogP contribution >= 0.6 is 34.2 Å². The highest BCUT2D eigenvalue weighted by molar-refractivity contribution is 8.76. The summed E-state index contributed by atoms with van der Waals surface area (Å²) in [6.45, 7) is 2.37. The maximum Gasteiger partial charge on any atom is 0.404 e. The van der Waals surface area contributed by atoms with Crippen molar-refractivity contribution in [3.63, 3.8) is 0 Å². The van der Waals surface area contributed by atoms with Gasteiger partial charge in [0.15, 0.2) is 5.72 Å². The number of ketones is 2. The molecule has 1 amide bonds. The Morgan fingerprint density at radius 3 is 2.74 bits per heavy atom. The van der Waals surface area contributed by atoms with Gasteiger partial charge in [0.05, 0.1) is 35.6 Å². The monoisotopic (exact) mass is 546 g/mol. The third-order valence-electron chi connectivity index (χ3n) is 6.87. The first-order chi connectivity index (χ1) is 16.7. The van der Waals surface area contributed by atoms with Crippen LogP contribution in [0.25, 0.3) is 0 Å². The standard InChI is InChI=1S/C21H30N4O7S3/c1-9-15(23-3-4-34-35-8-13(27)12(26)7-33)18(29)14-10(6-32-20(22)30)21(31-2)19-11(24-19)5-25(21)16(14)17(9)28/h10-13,19,23-24,26-27,33H,3-8H2,1-2H3,(H2,22,30)/t10-,11+,12?,13?,19+,21-/m1/s1. The first-order valence-corrected chi connectivity index (χ1v) is 14.3. The van der Waals surface area contributed by atoms with Crippen molar-refractivity contribution in [3.8, 4) is 0 Å². The normalized spacial score (nSPS) is 30.8. The van der Waals surface area contributed by atoms with Crippen molar-refractivity contribution in [1.82, 2.24) is 15.5 Å². The van der Waals surface area contributed by atoms with E-state index in [0.29, 0.717) is 35.9 Å². The summed E-state index contributed by atoms with van der Waals surface area (Å²) in [5, 5.41) is 25.8. The number of carbonyl (C=O) groups excluding carboxylic acids is 3. The minimum Gasteiger partial charge on any atom is -0.449 e. The number of ether oxygens (including phenoxy) is 2. The minimum absolute atomic E-state index is 0.0956. The number of nitrogens with two attached hydrogens (primary N) is 1. The predicted octanol–water partition coefficient (Wildman–Crippen LogP) is -0.987. The number of rotatable bonds is 12. The summed E-state index contributed by atoms with van der Waals surface area (Å²) >= 11 is 3.96. The molecule has 2 unspecified atom stereocenters. The summed E-state index contributed by atoms with van der Waals surface area (Å²) in [5.41, 5.74) is 5.35. The number of thiol groups is 1. The predicted molar refractivity (Wildman–Crippen MR) is 135 cm³/mol. The van der Waals surface area contributed by atoms with E-state index in [1.807, 2.05) is 4.90 Å². The van der Waals surface area contributed by atoms with Crippen LogP contribution in [0.2, 0.25) is 0 Å². The molecule has 4 rings (SSSR count). The van der Waals surface area contributed by atoms with E-state index in [1.165, 1.54) is 28.7 Å². The third kappa shape index (κ3) is 4.58. The lowest BCUT2D eigenvalue weighted by molar-refractivity contribution is -0.137. The van der Waals surface area contributed by atoms with Crippen LogP contribution < -0.4 is 16.4 Å². The fourth-order valence-corrected chi connectivity index (χ4v) is 7.45. The molecule has 11 nitrogen and oxygen atoms in total. The molecule has 35 heavy (non-hydrogen) atoms. The first-order valence-electron chi connectivity index (χ1n) is 11.2. The zero-order chi connectivity index (χ0) is 25.5. The van der Waals surface area contributed by atoms with E-state index < -0.39 is 29.9 Å². The fourth-order valence-electron chi connectivity index (χ4n) is 5.13. The second-order valence-corrected chi connectivity index (χ2v) is 11.8. The number of aliphatic hydroxyl groups is 2. The molecular formula is C21H30N4O7S3. The van der Waals surface area contributed by atoms with Gasteiger partial charge in [0, 0.05) is 54.6 Å². The fraction of sp³-hybridized carbons (Fsp3) is 0.667. The van der Waals surface area contributed by atoms with Crippen LogP contribution in [-0.4, -0.2) is 107 Å². The van der Waals surface area contributed by atoms with Gasteiger partial charge in [-0.1, -0.05) is 21.6 Å². The first kappa shape index (κ1) is 26.6. The topological polar surface area (TPSA) is 173 Å². The lowest BCUT2D eigenvalue weighted by Gasteiger charge is -2.39. The van der Waals surface area contributed by atoms with E-state index in [9.17, 15) is 24.6 Å². The molecule has 2 saturated heterocycles. The minimum atomic E-state index is -1.00. The van der Waals surface area contributed by atoms with E-state index >= 15 is 0 Å². The number of amides is 1. The number of aliphatic hydroxyl groups excluding tert-OH is 2. The SMILES string of the molecule is CO[C@@]12[C@H](COC(N)=O)C3=C(C(=O)C(C)=C(NCCSSCC(O)C(O)CS)C3=O)N1C[C@@H]1N[C@@H]12. The number of methoxy groups -OCH3 is 1. The van der Waals surface area contributed by atoms with E-state index in [4.69, 9.17) is 15.2 Å². The van der Waals surface area contributed by atoms with E-state index in [0.717, 1.165) is 0 Å². The van der Waals surface area contributed by atoms with Crippen LogP contribution in [0.15, 0.2) is 22.5 Å². The highest BCUT2D eigenvalue weighted by Crippen LogP contribution is 2.55. The van der Waals surface area contributed by atoms with E-state index in [-0.39, 0.29) is 47.3 Å². The number of hydrogen-bond acceptors (Lipinski definition) is 13. The Hall–Kier alpha value is -1.42. The summed E-state index contributed by atoms with van der Waals surface area (Å²) in [6, 6.07) is 0.0374. The summed E-state index contributed by atoms with van der Waals surface area (Å²) in [4.78, 5) is 40.3.